The smallest absolute Gasteiger partial charge is 0.303 e. The molecule has 0 aliphatic rings. The molecule has 1 aromatic rings. The van der Waals surface area contributed by atoms with Gasteiger partial charge < -0.3 is 5.11 Å². The van der Waals surface area contributed by atoms with Gasteiger partial charge in [0.25, 0.3) is 0 Å². The first-order valence-corrected chi connectivity index (χ1v) is 5.23. The van der Waals surface area contributed by atoms with E-state index >= 15 is 0 Å². The third kappa shape index (κ3) is 3.29. The lowest BCUT2D eigenvalue weighted by Crippen LogP contribution is -2.00. The molecule has 0 saturated carbocycles. The van der Waals surface area contributed by atoms with Gasteiger partial charge in [-0.1, -0.05) is 6.92 Å². The molecule has 1 aromatic carbocycles. The van der Waals surface area contributed by atoms with Crippen molar-refractivity contribution in [2.75, 3.05) is 0 Å². The SMILES string of the molecule is CCc1cc(CCCC(=O)O)c(F)cc1F. The number of hydrogen-bond acceptors (Lipinski definition) is 1. The predicted octanol–water partition coefficient (Wildman–Crippen LogP) is 2.93. The summed E-state index contributed by atoms with van der Waals surface area (Å²) in [6.07, 6.45) is 1.18. The first kappa shape index (κ1) is 12.6. The highest BCUT2D eigenvalue weighted by molar-refractivity contribution is 5.66. The van der Waals surface area contributed by atoms with Crippen LogP contribution in [0.15, 0.2) is 12.1 Å². The van der Waals surface area contributed by atoms with Gasteiger partial charge >= 0.3 is 5.97 Å². The Morgan fingerprint density at radius 2 is 1.88 bits per heavy atom. The van der Waals surface area contributed by atoms with Crippen molar-refractivity contribution in [3.05, 3.63) is 34.9 Å². The highest BCUT2D eigenvalue weighted by Crippen LogP contribution is 2.17. The maximum Gasteiger partial charge on any atom is 0.303 e. The lowest BCUT2D eigenvalue weighted by molar-refractivity contribution is -0.137. The van der Waals surface area contributed by atoms with Gasteiger partial charge in [-0.2, -0.15) is 0 Å². The summed E-state index contributed by atoms with van der Waals surface area (Å²) in [4.78, 5) is 10.3. The Labute approximate surface area is 92.9 Å². The van der Waals surface area contributed by atoms with Crippen LogP contribution in [0.3, 0.4) is 0 Å². The Morgan fingerprint density at radius 1 is 1.25 bits per heavy atom. The zero-order chi connectivity index (χ0) is 12.1. The molecule has 0 fully saturated rings. The number of hydrogen-bond donors (Lipinski definition) is 1. The molecule has 0 aromatic heterocycles. The van der Waals surface area contributed by atoms with E-state index in [2.05, 4.69) is 0 Å². The number of aliphatic carboxylic acids is 1. The standard InChI is InChI=1S/C12H14F2O2/c1-2-8-6-9(4-3-5-12(15)16)11(14)7-10(8)13/h6-7H,2-5H2,1H3,(H,15,16). The summed E-state index contributed by atoms with van der Waals surface area (Å²) < 4.78 is 26.5. The number of carboxylic acids is 1. The second kappa shape index (κ2) is 5.58. The molecular weight excluding hydrogens is 214 g/mol. The van der Waals surface area contributed by atoms with Gasteiger partial charge in [0.05, 0.1) is 0 Å². The molecule has 0 spiro atoms. The minimum Gasteiger partial charge on any atom is -0.481 e. The third-order valence-electron chi connectivity index (χ3n) is 2.43. The van der Waals surface area contributed by atoms with Gasteiger partial charge in [-0.05, 0) is 36.5 Å². The largest absolute Gasteiger partial charge is 0.481 e. The maximum absolute atomic E-state index is 13.3. The van der Waals surface area contributed by atoms with Crippen LogP contribution < -0.4 is 0 Å². The van der Waals surface area contributed by atoms with E-state index in [0.29, 0.717) is 30.4 Å². The van der Waals surface area contributed by atoms with Crippen molar-refractivity contribution < 1.29 is 18.7 Å². The van der Waals surface area contributed by atoms with Gasteiger partial charge in [0.15, 0.2) is 0 Å². The molecule has 0 saturated heterocycles. The summed E-state index contributed by atoms with van der Waals surface area (Å²) in [6, 6.07) is 2.35. The van der Waals surface area contributed by atoms with Crippen LogP contribution in [0.4, 0.5) is 8.78 Å². The second-order valence-electron chi connectivity index (χ2n) is 3.64. The minimum atomic E-state index is -0.904. The fourth-order valence-corrected chi connectivity index (χ4v) is 1.54. The third-order valence-corrected chi connectivity index (χ3v) is 2.43. The molecule has 16 heavy (non-hydrogen) atoms. The van der Waals surface area contributed by atoms with E-state index in [1.807, 2.05) is 0 Å². The van der Waals surface area contributed by atoms with Gasteiger partial charge in [-0.15, -0.1) is 0 Å². The molecule has 1 rings (SSSR count). The zero-order valence-electron chi connectivity index (χ0n) is 9.09. The number of carboxylic acid groups (broad SMARTS) is 1. The van der Waals surface area contributed by atoms with Crippen LogP contribution in [0, 0.1) is 11.6 Å². The van der Waals surface area contributed by atoms with Crippen molar-refractivity contribution in [1.29, 1.82) is 0 Å². The summed E-state index contributed by atoms with van der Waals surface area (Å²) in [7, 11) is 0. The monoisotopic (exact) mass is 228 g/mol. The van der Waals surface area contributed by atoms with Crippen molar-refractivity contribution in [2.45, 2.75) is 32.6 Å². The number of halogens is 2. The molecule has 0 heterocycles. The van der Waals surface area contributed by atoms with E-state index in [-0.39, 0.29) is 6.42 Å². The second-order valence-corrected chi connectivity index (χ2v) is 3.64. The minimum absolute atomic E-state index is 0.00171. The first-order chi connectivity index (χ1) is 7.54. The topological polar surface area (TPSA) is 37.3 Å². The van der Waals surface area contributed by atoms with E-state index in [4.69, 9.17) is 5.11 Å². The predicted molar refractivity (Wildman–Crippen MR) is 56.3 cm³/mol. The molecule has 0 aliphatic heterocycles. The molecule has 2 nitrogen and oxygen atoms in total. The maximum atomic E-state index is 13.3. The molecule has 0 aliphatic carbocycles. The van der Waals surface area contributed by atoms with Crippen LogP contribution in [-0.4, -0.2) is 11.1 Å². The number of aryl methyl sites for hydroxylation is 2. The highest BCUT2D eigenvalue weighted by atomic mass is 19.1. The van der Waals surface area contributed by atoms with E-state index in [1.54, 1.807) is 6.92 Å². The molecule has 4 heteroatoms. The average molecular weight is 228 g/mol. The van der Waals surface area contributed by atoms with Crippen LogP contribution in [0.1, 0.15) is 30.9 Å². The summed E-state index contributed by atoms with van der Waals surface area (Å²) in [5.74, 6) is -2.04. The van der Waals surface area contributed by atoms with E-state index in [0.717, 1.165) is 6.07 Å². The van der Waals surface area contributed by atoms with Crippen LogP contribution in [0.2, 0.25) is 0 Å². The van der Waals surface area contributed by atoms with Gasteiger partial charge in [-0.3, -0.25) is 4.79 Å². The summed E-state index contributed by atoms with van der Waals surface area (Å²) in [5.41, 5.74) is 0.853. The molecule has 0 amide bonds. The fourth-order valence-electron chi connectivity index (χ4n) is 1.54. The number of rotatable bonds is 5. The lowest BCUT2D eigenvalue weighted by atomic mass is 10.0. The van der Waals surface area contributed by atoms with Gasteiger partial charge in [-0.25, -0.2) is 8.78 Å². The molecule has 0 atom stereocenters. The van der Waals surface area contributed by atoms with Crippen molar-refractivity contribution in [1.82, 2.24) is 0 Å². The van der Waals surface area contributed by atoms with Gasteiger partial charge in [0.2, 0.25) is 0 Å². The number of carbonyl (C=O) groups is 1. The Kier molecular flexibility index (Phi) is 4.40. The zero-order valence-corrected chi connectivity index (χ0v) is 9.09. The summed E-state index contributed by atoms with van der Waals surface area (Å²) in [5, 5.41) is 8.45. The van der Waals surface area contributed by atoms with Crippen molar-refractivity contribution in [3.8, 4) is 0 Å². The molecule has 0 bridgehead atoms. The van der Waals surface area contributed by atoms with Gasteiger partial charge in [0.1, 0.15) is 11.6 Å². The molecule has 1 N–H and O–H groups in total. The summed E-state index contributed by atoms with van der Waals surface area (Å²) >= 11 is 0. The molecular formula is C12H14F2O2. The Morgan fingerprint density at radius 3 is 2.44 bits per heavy atom. The molecule has 0 radical (unpaired) electrons. The van der Waals surface area contributed by atoms with Crippen LogP contribution >= 0.6 is 0 Å². The Balaban J connectivity index is 2.75. The first-order valence-electron chi connectivity index (χ1n) is 5.23. The van der Waals surface area contributed by atoms with E-state index < -0.39 is 17.6 Å². The van der Waals surface area contributed by atoms with Crippen molar-refractivity contribution >= 4 is 5.97 Å². The Hall–Kier alpha value is -1.45. The normalized spacial score (nSPS) is 10.4. The number of benzene rings is 1. The summed E-state index contributed by atoms with van der Waals surface area (Å²) in [6.45, 7) is 1.79. The fraction of sp³-hybridized carbons (Fsp3) is 0.417. The average Bonchev–Trinajstić information content (AvgIpc) is 2.20. The van der Waals surface area contributed by atoms with E-state index in [9.17, 15) is 13.6 Å². The molecule has 0 unspecified atom stereocenters. The van der Waals surface area contributed by atoms with Crippen LogP contribution in [0.25, 0.3) is 0 Å². The quantitative estimate of drug-likeness (QED) is 0.841. The van der Waals surface area contributed by atoms with Gasteiger partial charge in [0, 0.05) is 12.5 Å². The van der Waals surface area contributed by atoms with Crippen LogP contribution in [-0.2, 0) is 17.6 Å². The molecule has 88 valence electrons. The lowest BCUT2D eigenvalue weighted by Gasteiger charge is -2.06. The van der Waals surface area contributed by atoms with Crippen LogP contribution in [0.5, 0.6) is 0 Å². The highest BCUT2D eigenvalue weighted by Gasteiger charge is 2.09. The van der Waals surface area contributed by atoms with E-state index in [1.165, 1.54) is 6.07 Å². The van der Waals surface area contributed by atoms with Crippen molar-refractivity contribution in [3.63, 3.8) is 0 Å². The Bertz CT molecular complexity index is 389. The van der Waals surface area contributed by atoms with Crippen molar-refractivity contribution in [2.24, 2.45) is 0 Å².